The number of unbranched alkanes of at least 4 members (excludes halogenated alkanes) is 2. The van der Waals surface area contributed by atoms with Crippen LogP contribution in [0.1, 0.15) is 51.9 Å². The lowest BCUT2D eigenvalue weighted by Crippen LogP contribution is -2.37. The topological polar surface area (TPSA) is 167 Å². The summed E-state index contributed by atoms with van der Waals surface area (Å²) in [7, 11) is 0. The molecule has 1 aromatic rings. The van der Waals surface area contributed by atoms with Gasteiger partial charge in [0.15, 0.2) is 6.61 Å². The van der Waals surface area contributed by atoms with Crippen LogP contribution < -0.4 is 10.1 Å². The number of allylic oxidation sites excluding steroid dienone is 2. The first-order valence-corrected chi connectivity index (χ1v) is 14.6. The minimum atomic E-state index is -3.26. The molecular weight excluding hydrogens is 586 g/mol. The van der Waals surface area contributed by atoms with Crippen molar-refractivity contribution in [2.24, 2.45) is 11.8 Å². The number of esters is 1. The van der Waals surface area contributed by atoms with Gasteiger partial charge in [-0.2, -0.15) is 8.78 Å². The number of nitrogens with one attached hydrogen (secondary N) is 1. The number of alkyl carbamates (subject to hydrolysis) is 1. The van der Waals surface area contributed by atoms with E-state index in [9.17, 15) is 38.7 Å². The first-order chi connectivity index (χ1) is 21.0. The van der Waals surface area contributed by atoms with Gasteiger partial charge >= 0.3 is 12.1 Å². The van der Waals surface area contributed by atoms with Crippen molar-refractivity contribution >= 4 is 12.1 Å². The van der Waals surface area contributed by atoms with E-state index < -0.39 is 59.8 Å². The standard InChI is InChI=1S/C30H42F2N2O10/c1-22(33-29(38)41-17-9-10-18-44-34(39)40)20-42-28(37)14-8-3-2-7-13-24-25(27(36)19-26(24)35)15-16-30(31,32)21-43-23-11-5-4-6-12-23/h2,4-7,11-12,15-16,22,24-27,35-36H,3,8-10,13-14,17-21H2,1H3,(H,33,38)/t22?,24-,25-,26+,27-/m1/s1. The maximum absolute atomic E-state index is 14.4. The first-order valence-electron chi connectivity index (χ1n) is 14.6. The van der Waals surface area contributed by atoms with E-state index in [0.717, 1.165) is 6.08 Å². The quantitative estimate of drug-likeness (QED) is 0.0620. The number of rotatable bonds is 20. The Labute approximate surface area is 255 Å². The summed E-state index contributed by atoms with van der Waals surface area (Å²) >= 11 is 0. The van der Waals surface area contributed by atoms with Crippen LogP contribution in [0.4, 0.5) is 13.6 Å². The third-order valence-electron chi connectivity index (χ3n) is 6.81. The Morgan fingerprint density at radius 3 is 2.57 bits per heavy atom. The van der Waals surface area contributed by atoms with Gasteiger partial charge in [0.25, 0.3) is 11.0 Å². The Morgan fingerprint density at radius 2 is 1.84 bits per heavy atom. The van der Waals surface area contributed by atoms with Crippen molar-refractivity contribution in [1.29, 1.82) is 0 Å². The van der Waals surface area contributed by atoms with E-state index >= 15 is 0 Å². The Hall–Kier alpha value is -3.78. The van der Waals surface area contributed by atoms with E-state index in [1.807, 2.05) is 12.2 Å². The number of alkyl halides is 2. The molecule has 0 aromatic heterocycles. The molecule has 0 spiro atoms. The molecule has 12 nitrogen and oxygen atoms in total. The van der Waals surface area contributed by atoms with Crippen molar-refractivity contribution in [2.75, 3.05) is 26.4 Å². The van der Waals surface area contributed by atoms with E-state index in [2.05, 4.69) is 10.2 Å². The van der Waals surface area contributed by atoms with E-state index in [1.54, 1.807) is 37.3 Å². The number of hydrogen-bond donors (Lipinski definition) is 3. The zero-order chi connectivity index (χ0) is 32.4. The van der Waals surface area contributed by atoms with E-state index in [4.69, 9.17) is 14.2 Å². The minimum Gasteiger partial charge on any atom is -0.487 e. The summed E-state index contributed by atoms with van der Waals surface area (Å²) in [4.78, 5) is 37.9. The van der Waals surface area contributed by atoms with Gasteiger partial charge in [-0.05, 0) is 63.2 Å². The summed E-state index contributed by atoms with van der Waals surface area (Å²) in [6.45, 7) is 0.724. The molecule has 0 radical (unpaired) electrons. The van der Waals surface area contributed by atoms with Gasteiger partial charge < -0.3 is 34.6 Å². The number of halogens is 2. The van der Waals surface area contributed by atoms with Crippen LogP contribution in [0.25, 0.3) is 0 Å². The normalized spacial score (nSPS) is 20.8. The largest absolute Gasteiger partial charge is 0.487 e. The SMILES string of the molecule is CC(COC(=O)CCCC=CC[C@@H]1[C@@H](C=CC(F)(F)COc2ccccc2)[C@H](O)C[C@@H]1O)NC(=O)OCCCCO[N+](=O)[O-]. The van der Waals surface area contributed by atoms with Crippen molar-refractivity contribution in [3.8, 4) is 5.75 Å². The molecule has 14 heteroatoms. The number of ether oxygens (including phenoxy) is 3. The van der Waals surface area contributed by atoms with Crippen LogP contribution in [0.2, 0.25) is 0 Å². The van der Waals surface area contributed by atoms with Gasteiger partial charge in [0.1, 0.15) is 12.4 Å². The number of carbonyl (C=O) groups excluding carboxylic acids is 2. The maximum Gasteiger partial charge on any atom is 0.407 e. The molecule has 0 heterocycles. The third-order valence-corrected chi connectivity index (χ3v) is 6.81. The number of nitrogens with zero attached hydrogens (tertiary/aromatic N) is 1. The fourth-order valence-corrected chi connectivity index (χ4v) is 4.52. The molecule has 0 saturated heterocycles. The van der Waals surface area contributed by atoms with Crippen LogP contribution >= 0.6 is 0 Å². The number of para-hydroxylation sites is 1. The Kier molecular flexibility index (Phi) is 16.1. The minimum absolute atomic E-state index is 0.0469. The average Bonchev–Trinajstić information content (AvgIpc) is 3.25. The molecule has 0 bridgehead atoms. The van der Waals surface area contributed by atoms with Crippen LogP contribution in [-0.4, -0.2) is 78.0 Å². The average molecular weight is 629 g/mol. The fraction of sp³-hybridized carbons (Fsp3) is 0.600. The second kappa shape index (κ2) is 19.5. The molecule has 1 fully saturated rings. The van der Waals surface area contributed by atoms with E-state index in [-0.39, 0.29) is 32.7 Å². The smallest absolute Gasteiger partial charge is 0.407 e. The van der Waals surface area contributed by atoms with Crippen molar-refractivity contribution in [2.45, 2.75) is 76.0 Å². The zero-order valence-electron chi connectivity index (χ0n) is 24.7. The lowest BCUT2D eigenvalue weighted by Gasteiger charge is -2.20. The fourth-order valence-electron chi connectivity index (χ4n) is 4.52. The van der Waals surface area contributed by atoms with Gasteiger partial charge in [0.05, 0.1) is 31.5 Å². The second-order valence-electron chi connectivity index (χ2n) is 10.6. The zero-order valence-corrected chi connectivity index (χ0v) is 24.7. The number of carbonyl (C=O) groups is 2. The van der Waals surface area contributed by atoms with Gasteiger partial charge in [-0.15, -0.1) is 10.1 Å². The highest BCUT2D eigenvalue weighted by molar-refractivity contribution is 5.69. The predicted octanol–water partition coefficient (Wildman–Crippen LogP) is 4.38. The Morgan fingerprint density at radius 1 is 1.11 bits per heavy atom. The van der Waals surface area contributed by atoms with Gasteiger partial charge in [0.2, 0.25) is 0 Å². The molecule has 1 saturated carbocycles. The lowest BCUT2D eigenvalue weighted by atomic mass is 9.89. The Balaban J connectivity index is 1.62. The van der Waals surface area contributed by atoms with Gasteiger partial charge in [-0.3, -0.25) is 4.79 Å². The van der Waals surface area contributed by atoms with E-state index in [0.29, 0.717) is 37.9 Å². The summed E-state index contributed by atoms with van der Waals surface area (Å²) in [5.74, 6) is -4.45. The molecule has 1 amide bonds. The highest BCUT2D eigenvalue weighted by Crippen LogP contribution is 2.37. The molecule has 5 atom stereocenters. The lowest BCUT2D eigenvalue weighted by molar-refractivity contribution is -0.757. The molecule has 3 N–H and O–H groups in total. The van der Waals surface area contributed by atoms with Crippen LogP contribution in [0.5, 0.6) is 5.75 Å². The number of hydrogen-bond acceptors (Lipinski definition) is 10. The molecule has 1 unspecified atom stereocenters. The van der Waals surface area contributed by atoms with Crippen LogP contribution in [0, 0.1) is 22.0 Å². The number of aliphatic hydroxyl groups excluding tert-OH is 2. The summed E-state index contributed by atoms with van der Waals surface area (Å²) in [5.41, 5.74) is 0. The van der Waals surface area contributed by atoms with Gasteiger partial charge in [-0.25, -0.2) is 4.79 Å². The molecule has 44 heavy (non-hydrogen) atoms. The summed E-state index contributed by atoms with van der Waals surface area (Å²) in [5, 5.41) is 32.4. The highest BCUT2D eigenvalue weighted by atomic mass is 19.3. The Bertz CT molecular complexity index is 1070. The van der Waals surface area contributed by atoms with E-state index in [1.165, 1.54) is 6.08 Å². The van der Waals surface area contributed by atoms with Crippen molar-refractivity contribution in [3.05, 3.63) is 64.8 Å². The number of amides is 1. The van der Waals surface area contributed by atoms with Gasteiger partial charge in [-0.1, -0.05) is 36.4 Å². The molecule has 1 aromatic carbocycles. The van der Waals surface area contributed by atoms with Crippen molar-refractivity contribution in [1.82, 2.24) is 5.32 Å². The summed E-state index contributed by atoms with van der Waals surface area (Å²) in [6, 6.07) is 7.79. The number of aliphatic hydroxyl groups is 2. The van der Waals surface area contributed by atoms with Crippen LogP contribution in [0.3, 0.4) is 0 Å². The molecular formula is C30H42F2N2O10. The molecule has 1 aliphatic rings. The van der Waals surface area contributed by atoms with Gasteiger partial charge in [0, 0.05) is 18.8 Å². The maximum atomic E-state index is 14.4. The van der Waals surface area contributed by atoms with Crippen molar-refractivity contribution < 1.29 is 52.7 Å². The molecule has 0 aliphatic heterocycles. The predicted molar refractivity (Wildman–Crippen MR) is 154 cm³/mol. The highest BCUT2D eigenvalue weighted by Gasteiger charge is 2.40. The van der Waals surface area contributed by atoms with Crippen molar-refractivity contribution in [3.63, 3.8) is 0 Å². The summed E-state index contributed by atoms with van der Waals surface area (Å²) in [6.07, 6.45) is 5.54. The molecule has 1 aliphatic carbocycles. The van der Waals surface area contributed by atoms with Crippen LogP contribution in [-0.2, 0) is 19.1 Å². The number of benzene rings is 1. The second-order valence-corrected chi connectivity index (χ2v) is 10.6. The van der Waals surface area contributed by atoms with Crippen LogP contribution in [0.15, 0.2) is 54.6 Å². The molecule has 246 valence electrons. The monoisotopic (exact) mass is 628 g/mol. The third kappa shape index (κ3) is 15.1. The summed E-state index contributed by atoms with van der Waals surface area (Å²) < 4.78 is 44.0. The first kappa shape index (κ1) is 36.4. The molecule has 2 rings (SSSR count).